The summed E-state index contributed by atoms with van der Waals surface area (Å²) in [6, 6.07) is 14.8. The first-order chi connectivity index (χ1) is 13.5. The third kappa shape index (κ3) is 4.08. The number of hydrogen-bond acceptors (Lipinski definition) is 4. The van der Waals surface area contributed by atoms with E-state index in [1.165, 1.54) is 11.8 Å². The first-order valence-corrected chi connectivity index (χ1v) is 10.6. The molecule has 7 heteroatoms. The van der Waals surface area contributed by atoms with Crippen molar-refractivity contribution in [3.63, 3.8) is 0 Å². The summed E-state index contributed by atoms with van der Waals surface area (Å²) in [5.41, 5.74) is 1.59. The number of nitrogens with zero attached hydrogens (tertiary/aromatic N) is 2. The Morgan fingerprint density at radius 1 is 1.29 bits per heavy atom. The molecule has 1 saturated carbocycles. The zero-order valence-corrected chi connectivity index (χ0v) is 17.0. The minimum atomic E-state index is -0.151. The summed E-state index contributed by atoms with van der Waals surface area (Å²) in [6.45, 7) is 1.92. The Hall–Kier alpha value is -2.31. The molecule has 1 atom stereocenters. The molecule has 1 aliphatic carbocycles. The molecule has 1 N–H and O–H groups in total. The standard InChI is InChI=1S/C21H20ClN3O2S/c1-13(14-5-4-6-15(22)11-14)23-19(26)12-28-21-24-18-8-3-2-7-17(18)20(27)25(21)16-9-10-16/h2-8,11,13,16H,9-10,12H2,1H3,(H,23,26)/t13-/m0/s1. The van der Waals surface area contributed by atoms with Gasteiger partial charge >= 0.3 is 0 Å². The van der Waals surface area contributed by atoms with E-state index in [1.54, 1.807) is 16.7 Å². The molecule has 5 nitrogen and oxygen atoms in total. The van der Waals surface area contributed by atoms with E-state index in [-0.39, 0.29) is 29.3 Å². The topological polar surface area (TPSA) is 64.0 Å². The average molecular weight is 414 g/mol. The van der Waals surface area contributed by atoms with Gasteiger partial charge in [0.25, 0.3) is 5.56 Å². The number of carbonyl (C=O) groups excluding carboxylic acids is 1. The summed E-state index contributed by atoms with van der Waals surface area (Å²) in [5.74, 6) is 0.0878. The van der Waals surface area contributed by atoms with E-state index in [1.807, 2.05) is 43.3 Å². The minimum absolute atomic E-state index is 0.0247. The van der Waals surface area contributed by atoms with Gasteiger partial charge in [-0.1, -0.05) is 47.6 Å². The summed E-state index contributed by atoms with van der Waals surface area (Å²) in [5, 5.41) is 4.85. The Bertz CT molecular complexity index is 1090. The number of fused-ring (bicyclic) bond motifs is 1. The molecule has 2 aromatic carbocycles. The lowest BCUT2D eigenvalue weighted by Crippen LogP contribution is -2.29. The van der Waals surface area contributed by atoms with Crippen LogP contribution in [0.15, 0.2) is 58.5 Å². The molecule has 0 radical (unpaired) electrons. The third-order valence-corrected chi connectivity index (χ3v) is 5.93. The molecule has 3 aromatic rings. The van der Waals surface area contributed by atoms with E-state index in [0.717, 1.165) is 18.4 Å². The number of carbonyl (C=O) groups is 1. The molecule has 1 fully saturated rings. The second-order valence-electron chi connectivity index (χ2n) is 6.95. The molecule has 0 aliphatic heterocycles. The number of halogens is 1. The van der Waals surface area contributed by atoms with E-state index in [9.17, 15) is 9.59 Å². The van der Waals surface area contributed by atoms with Gasteiger partial charge in [-0.3, -0.25) is 14.2 Å². The molecule has 1 heterocycles. The summed E-state index contributed by atoms with van der Waals surface area (Å²) in [7, 11) is 0. The number of para-hydroxylation sites is 1. The number of thioether (sulfide) groups is 1. The Morgan fingerprint density at radius 2 is 2.07 bits per heavy atom. The van der Waals surface area contributed by atoms with Crippen LogP contribution in [0, 0.1) is 0 Å². The van der Waals surface area contributed by atoms with Gasteiger partial charge in [-0.05, 0) is 49.6 Å². The van der Waals surface area contributed by atoms with Gasteiger partial charge in [0.1, 0.15) is 0 Å². The molecule has 144 valence electrons. The molecular formula is C21H20ClN3O2S. The molecule has 1 aromatic heterocycles. The van der Waals surface area contributed by atoms with Gasteiger partial charge in [0.15, 0.2) is 5.16 Å². The van der Waals surface area contributed by atoms with Crippen molar-refractivity contribution in [2.24, 2.45) is 0 Å². The molecule has 0 unspecified atom stereocenters. The first-order valence-electron chi connectivity index (χ1n) is 9.22. The van der Waals surface area contributed by atoms with Crippen LogP contribution in [0.25, 0.3) is 10.9 Å². The summed E-state index contributed by atoms with van der Waals surface area (Å²) >= 11 is 7.33. The van der Waals surface area contributed by atoms with Crippen molar-refractivity contribution in [1.82, 2.24) is 14.9 Å². The predicted molar refractivity (Wildman–Crippen MR) is 113 cm³/mol. The second kappa shape index (κ2) is 7.97. The maximum atomic E-state index is 12.9. The Kier molecular flexibility index (Phi) is 5.42. The predicted octanol–water partition coefficient (Wildman–Crippen LogP) is 4.35. The molecule has 0 saturated heterocycles. The SMILES string of the molecule is C[C@H](NC(=O)CSc1nc2ccccc2c(=O)n1C1CC1)c1cccc(Cl)c1. The average Bonchev–Trinajstić information content (AvgIpc) is 3.51. The zero-order chi connectivity index (χ0) is 19.7. The number of benzene rings is 2. The molecule has 28 heavy (non-hydrogen) atoms. The number of hydrogen-bond donors (Lipinski definition) is 1. The van der Waals surface area contributed by atoms with Gasteiger partial charge in [-0.15, -0.1) is 0 Å². The Morgan fingerprint density at radius 3 is 2.82 bits per heavy atom. The van der Waals surface area contributed by atoms with Gasteiger partial charge in [0.05, 0.1) is 22.7 Å². The van der Waals surface area contributed by atoms with Crippen molar-refractivity contribution in [2.75, 3.05) is 5.75 Å². The molecule has 1 amide bonds. The highest BCUT2D eigenvalue weighted by molar-refractivity contribution is 7.99. The smallest absolute Gasteiger partial charge is 0.262 e. The fourth-order valence-electron chi connectivity index (χ4n) is 3.15. The van der Waals surface area contributed by atoms with Crippen molar-refractivity contribution in [1.29, 1.82) is 0 Å². The number of nitrogens with one attached hydrogen (secondary N) is 1. The van der Waals surface area contributed by atoms with Crippen LogP contribution in [0.3, 0.4) is 0 Å². The van der Waals surface area contributed by atoms with Crippen molar-refractivity contribution >= 4 is 40.2 Å². The van der Waals surface area contributed by atoms with Gasteiger partial charge in [0, 0.05) is 11.1 Å². The lowest BCUT2D eigenvalue weighted by atomic mass is 10.1. The monoisotopic (exact) mass is 413 g/mol. The first kappa shape index (κ1) is 19.0. The lowest BCUT2D eigenvalue weighted by molar-refractivity contribution is -0.119. The Balaban J connectivity index is 1.50. The highest BCUT2D eigenvalue weighted by atomic mass is 35.5. The van der Waals surface area contributed by atoms with Crippen LogP contribution in [0.5, 0.6) is 0 Å². The van der Waals surface area contributed by atoms with Crippen LogP contribution >= 0.6 is 23.4 Å². The van der Waals surface area contributed by atoms with Crippen molar-refractivity contribution in [3.8, 4) is 0 Å². The molecule has 0 bridgehead atoms. The molecular weight excluding hydrogens is 394 g/mol. The van der Waals surface area contributed by atoms with Gasteiger partial charge in [-0.25, -0.2) is 4.98 Å². The van der Waals surface area contributed by atoms with Crippen LogP contribution in [-0.2, 0) is 4.79 Å². The maximum Gasteiger partial charge on any atom is 0.262 e. The van der Waals surface area contributed by atoms with Crippen LogP contribution in [0.4, 0.5) is 0 Å². The number of aromatic nitrogens is 2. The van der Waals surface area contributed by atoms with Gasteiger partial charge < -0.3 is 5.32 Å². The zero-order valence-electron chi connectivity index (χ0n) is 15.4. The van der Waals surface area contributed by atoms with Crippen molar-refractivity contribution < 1.29 is 4.79 Å². The molecule has 1 aliphatic rings. The van der Waals surface area contributed by atoms with Gasteiger partial charge in [0.2, 0.25) is 5.91 Å². The van der Waals surface area contributed by atoms with Crippen LogP contribution < -0.4 is 10.9 Å². The number of rotatable bonds is 6. The quantitative estimate of drug-likeness (QED) is 0.482. The van der Waals surface area contributed by atoms with E-state index in [0.29, 0.717) is 21.1 Å². The Labute approximate surface area is 172 Å². The summed E-state index contributed by atoms with van der Waals surface area (Å²) in [6.07, 6.45) is 1.96. The van der Waals surface area contributed by atoms with Crippen LogP contribution in [0.1, 0.15) is 37.4 Å². The molecule has 0 spiro atoms. The largest absolute Gasteiger partial charge is 0.349 e. The summed E-state index contributed by atoms with van der Waals surface area (Å²) < 4.78 is 1.75. The van der Waals surface area contributed by atoms with E-state index in [2.05, 4.69) is 10.3 Å². The van der Waals surface area contributed by atoms with Crippen LogP contribution in [-0.4, -0.2) is 21.2 Å². The second-order valence-corrected chi connectivity index (χ2v) is 8.33. The van der Waals surface area contributed by atoms with E-state index >= 15 is 0 Å². The normalized spacial score (nSPS) is 14.8. The summed E-state index contributed by atoms with van der Waals surface area (Å²) in [4.78, 5) is 30.0. The van der Waals surface area contributed by atoms with Crippen molar-refractivity contribution in [3.05, 3.63) is 69.5 Å². The van der Waals surface area contributed by atoms with E-state index < -0.39 is 0 Å². The third-order valence-electron chi connectivity index (χ3n) is 4.75. The van der Waals surface area contributed by atoms with Crippen molar-refractivity contribution in [2.45, 2.75) is 37.0 Å². The maximum absolute atomic E-state index is 12.9. The van der Waals surface area contributed by atoms with E-state index in [4.69, 9.17) is 11.6 Å². The molecule has 4 rings (SSSR count). The number of amides is 1. The van der Waals surface area contributed by atoms with Crippen LogP contribution in [0.2, 0.25) is 5.02 Å². The highest BCUT2D eigenvalue weighted by Gasteiger charge is 2.28. The fourth-order valence-corrected chi connectivity index (χ4v) is 4.23. The highest BCUT2D eigenvalue weighted by Crippen LogP contribution is 2.36. The fraction of sp³-hybridized carbons (Fsp3) is 0.286. The lowest BCUT2D eigenvalue weighted by Gasteiger charge is -2.15. The van der Waals surface area contributed by atoms with Gasteiger partial charge in [-0.2, -0.15) is 0 Å². The minimum Gasteiger partial charge on any atom is -0.349 e.